The van der Waals surface area contributed by atoms with E-state index in [0.717, 1.165) is 28.1 Å². The summed E-state index contributed by atoms with van der Waals surface area (Å²) in [4.78, 5) is 34.9. The molecular formula is C19H22N4O2. The quantitative estimate of drug-likeness (QED) is 0.866. The minimum Gasteiger partial charge on any atom is -0.368 e. The van der Waals surface area contributed by atoms with Gasteiger partial charge in [0.15, 0.2) is 0 Å². The van der Waals surface area contributed by atoms with Gasteiger partial charge < -0.3 is 10.6 Å². The Morgan fingerprint density at radius 1 is 1.32 bits per heavy atom. The van der Waals surface area contributed by atoms with Crippen LogP contribution >= 0.6 is 0 Å². The number of hydrogen-bond donors (Lipinski definition) is 1. The molecule has 0 radical (unpaired) electrons. The van der Waals surface area contributed by atoms with Crippen LogP contribution in [-0.2, 0) is 16.1 Å². The van der Waals surface area contributed by atoms with Crippen LogP contribution in [-0.4, -0.2) is 26.6 Å². The molecule has 1 aliphatic rings. The molecule has 0 unspecified atom stereocenters. The lowest BCUT2D eigenvalue weighted by Gasteiger charge is -2.20. The summed E-state index contributed by atoms with van der Waals surface area (Å²) in [7, 11) is 0. The summed E-state index contributed by atoms with van der Waals surface area (Å²) in [6.45, 7) is 6.09. The summed E-state index contributed by atoms with van der Waals surface area (Å²) in [6, 6.07) is 7.67. The number of carbonyl (C=O) groups excluding carboxylic acids is 2. The fourth-order valence-electron chi connectivity index (χ4n) is 3.25. The molecule has 25 heavy (non-hydrogen) atoms. The first-order valence-electron chi connectivity index (χ1n) is 8.49. The number of aromatic nitrogens is 2. The molecule has 0 saturated heterocycles. The van der Waals surface area contributed by atoms with Crippen molar-refractivity contribution < 1.29 is 9.59 Å². The Kier molecular flexibility index (Phi) is 4.53. The lowest BCUT2D eigenvalue weighted by Crippen LogP contribution is -2.34. The standard InChI is InChI=1S/C19H22N4O2/c1-4-6-15(24)18(25)23-10-14-16(12(23)3)21-19(20)22-17(14)13-8-5-7-11(2)9-13/h5,7-9,12H,4,6,10H2,1-3H3,(H2,20,21,22)/t12-/m1/s1. The number of carbonyl (C=O) groups is 2. The lowest BCUT2D eigenvalue weighted by atomic mass is 10.0. The van der Waals surface area contributed by atoms with E-state index in [2.05, 4.69) is 9.97 Å². The molecule has 0 saturated carbocycles. The normalized spacial score (nSPS) is 16.0. The lowest BCUT2D eigenvalue weighted by molar-refractivity contribution is -0.146. The zero-order valence-electron chi connectivity index (χ0n) is 14.7. The zero-order chi connectivity index (χ0) is 18.1. The second kappa shape index (κ2) is 6.63. The number of ketones is 1. The summed E-state index contributed by atoms with van der Waals surface area (Å²) >= 11 is 0. The maximum absolute atomic E-state index is 12.5. The third kappa shape index (κ3) is 3.12. The van der Waals surface area contributed by atoms with Gasteiger partial charge in [-0.05, 0) is 26.3 Å². The van der Waals surface area contributed by atoms with Crippen LogP contribution in [0.3, 0.4) is 0 Å². The largest absolute Gasteiger partial charge is 0.368 e. The molecule has 0 bridgehead atoms. The molecule has 0 fully saturated rings. The van der Waals surface area contributed by atoms with E-state index >= 15 is 0 Å². The summed E-state index contributed by atoms with van der Waals surface area (Å²) in [5, 5.41) is 0. The van der Waals surface area contributed by atoms with Crippen molar-refractivity contribution in [1.29, 1.82) is 0 Å². The van der Waals surface area contributed by atoms with Crippen molar-refractivity contribution >= 4 is 17.6 Å². The molecule has 0 aliphatic carbocycles. The molecule has 130 valence electrons. The van der Waals surface area contributed by atoms with Crippen LogP contribution in [0.4, 0.5) is 5.95 Å². The number of nitrogen functional groups attached to an aromatic ring is 1. The van der Waals surface area contributed by atoms with E-state index in [4.69, 9.17) is 5.73 Å². The molecule has 6 heteroatoms. The van der Waals surface area contributed by atoms with Gasteiger partial charge in [-0.15, -0.1) is 0 Å². The van der Waals surface area contributed by atoms with Crippen LogP contribution < -0.4 is 5.73 Å². The number of Topliss-reactive ketones (excluding diaryl/α,β-unsaturated/α-hetero) is 1. The molecule has 6 nitrogen and oxygen atoms in total. The average molecular weight is 338 g/mol. The van der Waals surface area contributed by atoms with Gasteiger partial charge in [0.1, 0.15) is 0 Å². The zero-order valence-corrected chi connectivity index (χ0v) is 14.7. The summed E-state index contributed by atoms with van der Waals surface area (Å²) in [6.07, 6.45) is 0.915. The van der Waals surface area contributed by atoms with Crippen molar-refractivity contribution in [1.82, 2.24) is 14.9 Å². The van der Waals surface area contributed by atoms with Crippen LogP contribution in [0.15, 0.2) is 24.3 Å². The molecule has 1 atom stereocenters. The van der Waals surface area contributed by atoms with Crippen LogP contribution in [0.1, 0.15) is 49.6 Å². The summed E-state index contributed by atoms with van der Waals surface area (Å²) < 4.78 is 0. The number of amides is 1. The second-order valence-corrected chi connectivity index (χ2v) is 6.45. The van der Waals surface area contributed by atoms with Gasteiger partial charge in [-0.2, -0.15) is 0 Å². The highest BCUT2D eigenvalue weighted by molar-refractivity contribution is 6.36. The maximum atomic E-state index is 12.5. The predicted molar refractivity (Wildman–Crippen MR) is 95.5 cm³/mol. The van der Waals surface area contributed by atoms with Gasteiger partial charge in [0.25, 0.3) is 5.91 Å². The first-order valence-corrected chi connectivity index (χ1v) is 8.49. The predicted octanol–water partition coefficient (Wildman–Crippen LogP) is 2.81. The van der Waals surface area contributed by atoms with E-state index in [0.29, 0.717) is 13.0 Å². The molecule has 2 heterocycles. The van der Waals surface area contributed by atoms with Crippen LogP contribution in [0.2, 0.25) is 0 Å². The molecule has 3 rings (SSSR count). The van der Waals surface area contributed by atoms with Crippen LogP contribution in [0, 0.1) is 6.92 Å². The first-order chi connectivity index (χ1) is 11.9. The van der Waals surface area contributed by atoms with E-state index in [1.54, 1.807) is 4.90 Å². The van der Waals surface area contributed by atoms with Crippen LogP contribution in [0.25, 0.3) is 11.3 Å². The second-order valence-electron chi connectivity index (χ2n) is 6.45. The number of hydrogen-bond acceptors (Lipinski definition) is 5. The Labute approximate surface area is 147 Å². The van der Waals surface area contributed by atoms with Gasteiger partial charge in [0.05, 0.1) is 24.0 Å². The highest BCUT2D eigenvalue weighted by Gasteiger charge is 2.36. The van der Waals surface area contributed by atoms with Gasteiger partial charge >= 0.3 is 0 Å². The van der Waals surface area contributed by atoms with Crippen molar-refractivity contribution in [3.8, 4) is 11.3 Å². The number of fused-ring (bicyclic) bond motifs is 1. The molecule has 1 aromatic carbocycles. The molecule has 1 aliphatic heterocycles. The SMILES string of the molecule is CCCC(=O)C(=O)N1Cc2c(-c3cccc(C)c3)nc(N)nc2[C@H]1C. The fraction of sp³-hybridized carbons (Fsp3) is 0.368. The number of nitrogens with zero attached hydrogens (tertiary/aromatic N) is 3. The highest BCUT2D eigenvalue weighted by Crippen LogP contribution is 2.37. The van der Waals surface area contributed by atoms with Gasteiger partial charge in [-0.1, -0.05) is 30.7 Å². The molecule has 0 spiro atoms. The number of benzene rings is 1. The van der Waals surface area contributed by atoms with Crippen molar-refractivity contribution in [2.45, 2.75) is 46.2 Å². The number of aryl methyl sites for hydroxylation is 1. The smallest absolute Gasteiger partial charge is 0.290 e. The summed E-state index contributed by atoms with van der Waals surface area (Å²) in [5.74, 6) is -0.641. The van der Waals surface area contributed by atoms with Gasteiger partial charge in [-0.3, -0.25) is 9.59 Å². The van der Waals surface area contributed by atoms with Crippen molar-refractivity contribution in [2.75, 3.05) is 5.73 Å². The van der Waals surface area contributed by atoms with Crippen LogP contribution in [0.5, 0.6) is 0 Å². The van der Waals surface area contributed by atoms with E-state index in [1.165, 1.54) is 0 Å². The third-order valence-corrected chi connectivity index (χ3v) is 4.52. The van der Waals surface area contributed by atoms with Crippen molar-refractivity contribution in [3.63, 3.8) is 0 Å². The van der Waals surface area contributed by atoms with Crippen molar-refractivity contribution in [3.05, 3.63) is 41.1 Å². The van der Waals surface area contributed by atoms with Gasteiger partial charge in [0, 0.05) is 17.5 Å². The molecule has 1 amide bonds. The fourth-order valence-corrected chi connectivity index (χ4v) is 3.25. The van der Waals surface area contributed by atoms with E-state index in [1.807, 2.05) is 45.0 Å². The Hall–Kier alpha value is -2.76. The van der Waals surface area contributed by atoms with Crippen molar-refractivity contribution in [2.24, 2.45) is 0 Å². The topological polar surface area (TPSA) is 89.2 Å². The van der Waals surface area contributed by atoms with E-state index in [-0.39, 0.29) is 24.2 Å². The monoisotopic (exact) mass is 338 g/mol. The Bertz CT molecular complexity index is 847. The maximum Gasteiger partial charge on any atom is 0.290 e. The minimum absolute atomic E-state index is 0.177. The average Bonchev–Trinajstić information content (AvgIpc) is 2.90. The first kappa shape index (κ1) is 17.1. The van der Waals surface area contributed by atoms with E-state index in [9.17, 15) is 9.59 Å². The Balaban J connectivity index is 2.03. The molecule has 1 aromatic heterocycles. The van der Waals surface area contributed by atoms with Gasteiger partial charge in [0.2, 0.25) is 11.7 Å². The van der Waals surface area contributed by atoms with Gasteiger partial charge in [-0.25, -0.2) is 9.97 Å². The number of anilines is 1. The van der Waals surface area contributed by atoms with E-state index < -0.39 is 5.91 Å². The Morgan fingerprint density at radius 3 is 2.76 bits per heavy atom. The highest BCUT2D eigenvalue weighted by atomic mass is 16.2. The number of nitrogens with two attached hydrogens (primary N) is 1. The third-order valence-electron chi connectivity index (χ3n) is 4.52. The molecular weight excluding hydrogens is 316 g/mol. The molecule has 2 N–H and O–H groups in total. The summed E-state index contributed by atoms with van der Waals surface area (Å²) in [5.41, 5.74) is 10.3. The Morgan fingerprint density at radius 2 is 2.08 bits per heavy atom. The molecule has 2 aromatic rings. The number of rotatable bonds is 4. The minimum atomic E-state index is -0.457.